The average molecular weight is 439 g/mol. The van der Waals surface area contributed by atoms with E-state index in [2.05, 4.69) is 10.6 Å². The molecule has 2 bridgehead atoms. The Kier molecular flexibility index (Phi) is 6.48. The van der Waals surface area contributed by atoms with Gasteiger partial charge in [-0.05, 0) is 56.6 Å². The topological polar surface area (TPSA) is 76.7 Å². The zero-order chi connectivity index (χ0) is 21.3. The van der Waals surface area contributed by atoms with Gasteiger partial charge in [-0.25, -0.2) is 4.39 Å². The Morgan fingerprint density at radius 2 is 2.07 bits per heavy atom. The summed E-state index contributed by atoms with van der Waals surface area (Å²) in [5.74, 6) is 0.618. The van der Waals surface area contributed by atoms with Crippen molar-refractivity contribution in [3.8, 4) is 5.75 Å². The van der Waals surface area contributed by atoms with Crippen LogP contribution in [-0.4, -0.2) is 43.7 Å². The molecule has 4 aliphatic rings. The third kappa shape index (κ3) is 4.72. The van der Waals surface area contributed by atoms with Gasteiger partial charge in [0.2, 0.25) is 5.91 Å². The third-order valence-corrected chi connectivity index (χ3v) is 7.18. The van der Waals surface area contributed by atoms with E-state index in [1.807, 2.05) is 6.92 Å². The maximum Gasteiger partial charge on any atom is 0.258 e. The van der Waals surface area contributed by atoms with Gasteiger partial charge in [0.15, 0.2) is 6.61 Å². The molecule has 2 N–H and O–H groups in total. The summed E-state index contributed by atoms with van der Waals surface area (Å²) in [5.41, 5.74) is 0. The lowest BCUT2D eigenvalue weighted by Crippen LogP contribution is -2.57. The van der Waals surface area contributed by atoms with E-state index < -0.39 is 5.82 Å². The van der Waals surface area contributed by atoms with Gasteiger partial charge in [-0.2, -0.15) is 0 Å². The third-order valence-electron chi connectivity index (χ3n) is 6.87. The molecule has 4 atom stereocenters. The number of halogens is 2. The van der Waals surface area contributed by atoms with Gasteiger partial charge in [0, 0.05) is 37.1 Å². The zero-order valence-corrected chi connectivity index (χ0v) is 17.8. The molecule has 0 aromatic heterocycles. The lowest BCUT2D eigenvalue weighted by atomic mass is 9.57. The first-order valence-electron chi connectivity index (χ1n) is 10.7. The molecule has 1 saturated heterocycles. The Labute approximate surface area is 180 Å². The molecule has 2 amide bonds. The summed E-state index contributed by atoms with van der Waals surface area (Å²) in [6.07, 6.45) is 3.75. The number of hydrogen-bond acceptors (Lipinski definition) is 4. The van der Waals surface area contributed by atoms with Crippen LogP contribution in [0.2, 0.25) is 5.02 Å². The summed E-state index contributed by atoms with van der Waals surface area (Å²) in [7, 11) is 0. The van der Waals surface area contributed by atoms with Gasteiger partial charge in [0.05, 0.1) is 11.1 Å². The maximum absolute atomic E-state index is 13.5. The predicted octanol–water partition coefficient (Wildman–Crippen LogP) is 2.93. The second-order valence-electron chi connectivity index (χ2n) is 8.74. The number of ether oxygens (including phenoxy) is 2. The van der Waals surface area contributed by atoms with E-state index in [1.165, 1.54) is 12.1 Å². The van der Waals surface area contributed by atoms with Crippen molar-refractivity contribution in [1.29, 1.82) is 0 Å². The average Bonchev–Trinajstić information content (AvgIpc) is 3.10. The Morgan fingerprint density at radius 3 is 2.77 bits per heavy atom. The van der Waals surface area contributed by atoms with Crippen LogP contribution >= 0.6 is 11.6 Å². The molecule has 3 aliphatic carbocycles. The Balaban J connectivity index is 1.24. The quantitative estimate of drug-likeness (QED) is 0.686. The summed E-state index contributed by atoms with van der Waals surface area (Å²) in [6, 6.07) is 4.04. The van der Waals surface area contributed by atoms with Crippen LogP contribution in [0.25, 0.3) is 0 Å². The smallest absolute Gasteiger partial charge is 0.258 e. The minimum absolute atomic E-state index is 0.00720. The minimum atomic E-state index is -0.588. The molecular weight excluding hydrogens is 411 g/mol. The van der Waals surface area contributed by atoms with Crippen molar-refractivity contribution >= 4 is 23.4 Å². The highest BCUT2D eigenvalue weighted by Crippen LogP contribution is 2.49. The Hall–Kier alpha value is -1.86. The first kappa shape index (κ1) is 21.4. The normalized spacial score (nSPS) is 32.2. The van der Waals surface area contributed by atoms with E-state index in [0.29, 0.717) is 30.7 Å². The number of carbonyl (C=O) groups is 2. The molecule has 0 radical (unpaired) electrons. The second-order valence-corrected chi connectivity index (χ2v) is 9.15. The number of fused-ring (bicyclic) bond motifs is 2. The summed E-state index contributed by atoms with van der Waals surface area (Å²) in [4.78, 5) is 25.1. The maximum atomic E-state index is 13.5. The van der Waals surface area contributed by atoms with E-state index in [-0.39, 0.29) is 47.3 Å². The number of amides is 2. The summed E-state index contributed by atoms with van der Waals surface area (Å²) in [6.45, 7) is 3.25. The molecule has 1 aliphatic heterocycles. The monoisotopic (exact) mass is 438 g/mol. The fourth-order valence-corrected chi connectivity index (χ4v) is 5.01. The van der Waals surface area contributed by atoms with Crippen LogP contribution in [0, 0.1) is 29.5 Å². The van der Waals surface area contributed by atoms with Crippen LogP contribution in [0.1, 0.15) is 32.6 Å². The molecule has 3 saturated carbocycles. The van der Waals surface area contributed by atoms with E-state index in [0.717, 1.165) is 31.9 Å². The van der Waals surface area contributed by atoms with Crippen molar-refractivity contribution in [3.05, 3.63) is 29.0 Å². The van der Waals surface area contributed by atoms with Crippen molar-refractivity contribution in [2.45, 2.75) is 44.8 Å². The van der Waals surface area contributed by atoms with Crippen LogP contribution in [-0.2, 0) is 14.3 Å². The Bertz CT molecular complexity index is 801. The van der Waals surface area contributed by atoms with E-state index in [4.69, 9.17) is 21.1 Å². The molecule has 4 fully saturated rings. The second kappa shape index (κ2) is 9.10. The van der Waals surface area contributed by atoms with E-state index >= 15 is 0 Å². The van der Waals surface area contributed by atoms with Crippen molar-refractivity contribution in [1.82, 2.24) is 10.6 Å². The first-order chi connectivity index (χ1) is 14.4. The fraction of sp³-hybridized carbons (Fsp3) is 0.636. The van der Waals surface area contributed by atoms with Crippen molar-refractivity contribution < 1.29 is 23.5 Å². The largest absolute Gasteiger partial charge is 0.484 e. The van der Waals surface area contributed by atoms with Gasteiger partial charge in [0.25, 0.3) is 5.91 Å². The van der Waals surface area contributed by atoms with E-state index in [1.54, 1.807) is 0 Å². The number of nitrogens with one attached hydrogen (secondary N) is 2. The zero-order valence-electron chi connectivity index (χ0n) is 17.0. The van der Waals surface area contributed by atoms with Gasteiger partial charge in [0.1, 0.15) is 11.6 Å². The first-order valence-corrected chi connectivity index (χ1v) is 11.0. The molecule has 1 aromatic carbocycles. The molecular formula is C22H28ClFN2O4. The van der Waals surface area contributed by atoms with Crippen LogP contribution in [0.3, 0.4) is 0 Å². The molecule has 30 heavy (non-hydrogen) atoms. The molecule has 1 aromatic rings. The Morgan fingerprint density at radius 1 is 1.27 bits per heavy atom. The number of hydrogen-bond donors (Lipinski definition) is 2. The van der Waals surface area contributed by atoms with Crippen molar-refractivity contribution in [3.63, 3.8) is 0 Å². The van der Waals surface area contributed by atoms with Crippen molar-refractivity contribution in [2.24, 2.45) is 23.7 Å². The lowest BCUT2D eigenvalue weighted by molar-refractivity contribution is -0.136. The lowest BCUT2D eigenvalue weighted by Gasteiger charge is -2.50. The highest BCUT2D eigenvalue weighted by Gasteiger charge is 2.49. The van der Waals surface area contributed by atoms with Crippen LogP contribution < -0.4 is 15.4 Å². The van der Waals surface area contributed by atoms with Crippen LogP contribution in [0.5, 0.6) is 5.75 Å². The standard InChI is InChI=1S/C22H28ClFN2O4/c1-12-13(4-5-29-12)10-25-22(28)17-9-20(15-6-14(17)7-15)26-21(27)11-30-16-2-3-18(23)19(24)8-16/h2-3,8,12-15,17,20H,4-7,9-11H2,1H3,(H,25,28)(H,26,27)/t12?,13?,14?,15?,17?,20-/m0/s1. The van der Waals surface area contributed by atoms with Gasteiger partial charge in [-0.15, -0.1) is 0 Å². The van der Waals surface area contributed by atoms with Gasteiger partial charge in [-0.1, -0.05) is 11.6 Å². The highest BCUT2D eigenvalue weighted by molar-refractivity contribution is 6.30. The summed E-state index contributed by atoms with van der Waals surface area (Å²) in [5, 5.41) is 6.12. The summed E-state index contributed by atoms with van der Waals surface area (Å²) < 4.78 is 24.4. The minimum Gasteiger partial charge on any atom is -0.484 e. The van der Waals surface area contributed by atoms with E-state index in [9.17, 15) is 14.0 Å². The molecule has 3 unspecified atom stereocenters. The number of benzene rings is 1. The molecule has 8 heteroatoms. The van der Waals surface area contributed by atoms with Gasteiger partial charge < -0.3 is 20.1 Å². The molecule has 0 spiro atoms. The molecule has 164 valence electrons. The summed E-state index contributed by atoms with van der Waals surface area (Å²) >= 11 is 5.65. The fourth-order valence-electron chi connectivity index (χ4n) is 4.89. The van der Waals surface area contributed by atoms with Crippen LogP contribution in [0.15, 0.2) is 18.2 Å². The van der Waals surface area contributed by atoms with Crippen molar-refractivity contribution in [2.75, 3.05) is 19.8 Å². The highest BCUT2D eigenvalue weighted by atomic mass is 35.5. The van der Waals surface area contributed by atoms with Gasteiger partial charge in [-0.3, -0.25) is 9.59 Å². The van der Waals surface area contributed by atoms with Crippen LogP contribution in [0.4, 0.5) is 4.39 Å². The SMILES string of the molecule is CC1OCCC1CNC(=O)C1C[C@H](NC(=O)COc2ccc(Cl)c(F)c2)C2CC1C2. The molecule has 6 nitrogen and oxygen atoms in total. The number of rotatable bonds is 7. The van der Waals surface area contributed by atoms with Gasteiger partial charge >= 0.3 is 0 Å². The predicted molar refractivity (Wildman–Crippen MR) is 110 cm³/mol. The number of carbonyl (C=O) groups excluding carboxylic acids is 2. The molecule has 5 rings (SSSR count). The molecule has 1 heterocycles.